The molecule has 2 aromatic heterocycles. The van der Waals surface area contributed by atoms with Crippen molar-refractivity contribution in [2.45, 2.75) is 19.3 Å². The predicted molar refractivity (Wildman–Crippen MR) is 184 cm³/mol. The second-order valence-corrected chi connectivity index (χ2v) is 12.3. The number of rotatable bonds is 8. The Morgan fingerprint density at radius 1 is 1.12 bits per heavy atom. The minimum atomic E-state index is -0.582. The molecular formula is C35H37N11O2. The zero-order valence-corrected chi connectivity index (χ0v) is 26.7. The second-order valence-electron chi connectivity index (χ2n) is 12.3. The molecule has 3 aromatic rings. The highest BCUT2D eigenvalue weighted by molar-refractivity contribution is 6.12. The van der Waals surface area contributed by atoms with Gasteiger partial charge in [-0.05, 0) is 61.2 Å². The topological polar surface area (TPSA) is 192 Å². The standard InChI is InChI=1S/C35H37N11O2/c1-40-22-42-33(39)26-5-3-24(4-6-26)25-10-14-45(15-11-25)30(47)20-44-16-12-35(21-44)13-17-46(34(35)48)29-9-7-27(37)32(43-29)31(38)28-8-2-23(18-36)19-41-28/h2-10,19,22,38H,11-17,20-21,37H2,1H3,(H2,39,40,42)/t35-/m0/s1. The van der Waals surface area contributed by atoms with Crippen LogP contribution < -0.4 is 16.0 Å². The first kappa shape index (κ1) is 32.2. The van der Waals surface area contributed by atoms with E-state index in [0.29, 0.717) is 68.3 Å². The second kappa shape index (κ2) is 13.5. The lowest BCUT2D eigenvalue weighted by Gasteiger charge is -2.29. The number of hydrogen-bond donors (Lipinski definition) is 4. The van der Waals surface area contributed by atoms with E-state index in [-0.39, 0.29) is 35.6 Å². The van der Waals surface area contributed by atoms with E-state index < -0.39 is 5.41 Å². The Labute approximate surface area is 278 Å². The number of amides is 2. The van der Waals surface area contributed by atoms with Crippen molar-refractivity contribution in [1.82, 2.24) is 25.1 Å². The van der Waals surface area contributed by atoms with E-state index in [1.165, 1.54) is 18.1 Å². The van der Waals surface area contributed by atoms with Crippen molar-refractivity contribution in [3.05, 3.63) is 88.9 Å². The normalized spacial score (nSPS) is 19.5. The third kappa shape index (κ3) is 6.43. The van der Waals surface area contributed by atoms with Crippen LogP contribution in [0.3, 0.4) is 0 Å². The lowest BCUT2D eigenvalue weighted by atomic mass is 9.85. The van der Waals surface area contributed by atoms with E-state index in [4.69, 9.17) is 21.8 Å². The molecule has 2 amide bonds. The van der Waals surface area contributed by atoms with Crippen LogP contribution in [0.4, 0.5) is 11.5 Å². The molecule has 0 saturated carbocycles. The summed E-state index contributed by atoms with van der Waals surface area (Å²) in [5.41, 5.74) is 9.83. The molecule has 3 aliphatic rings. The zero-order valence-electron chi connectivity index (χ0n) is 26.7. The van der Waals surface area contributed by atoms with Gasteiger partial charge in [-0.15, -0.1) is 0 Å². The van der Waals surface area contributed by atoms with Crippen molar-refractivity contribution < 1.29 is 9.59 Å². The van der Waals surface area contributed by atoms with Gasteiger partial charge in [-0.1, -0.05) is 30.3 Å². The SMILES string of the molecule is CN/C=N\C(=N)c1ccc(C2=CCN(C(=O)CN3CC[C@]4(CCN(c5ccc(N)c(C(=N)c6ccc(C#N)cn6)n5)C4=O)C3)CC2)cc1. The van der Waals surface area contributed by atoms with Gasteiger partial charge in [0, 0.05) is 45.0 Å². The molecule has 0 aliphatic carbocycles. The Bertz CT molecular complexity index is 1860. The number of nitrogen functional groups attached to an aromatic ring is 1. The number of pyridine rings is 2. The van der Waals surface area contributed by atoms with Gasteiger partial charge < -0.3 is 16.0 Å². The van der Waals surface area contributed by atoms with Crippen LogP contribution in [-0.2, 0) is 9.59 Å². The summed E-state index contributed by atoms with van der Waals surface area (Å²) in [6.07, 6.45) is 7.04. The average molecular weight is 644 g/mol. The van der Waals surface area contributed by atoms with Gasteiger partial charge in [0.05, 0.1) is 35.2 Å². The van der Waals surface area contributed by atoms with Gasteiger partial charge in [0.15, 0.2) is 5.84 Å². The molecule has 6 rings (SSSR count). The molecule has 0 radical (unpaired) electrons. The Kier molecular flexibility index (Phi) is 9.09. The number of anilines is 2. The molecule has 13 heteroatoms. The third-order valence-electron chi connectivity index (χ3n) is 9.29. The molecular weight excluding hydrogens is 606 g/mol. The molecule has 3 aliphatic heterocycles. The van der Waals surface area contributed by atoms with Crippen molar-refractivity contribution in [3.8, 4) is 6.07 Å². The van der Waals surface area contributed by atoms with Gasteiger partial charge in [-0.25, -0.2) is 9.98 Å². The molecule has 5 N–H and O–H groups in total. The van der Waals surface area contributed by atoms with Gasteiger partial charge in [0.25, 0.3) is 0 Å². The fourth-order valence-corrected chi connectivity index (χ4v) is 6.55. The highest BCUT2D eigenvalue weighted by Crippen LogP contribution is 2.42. The predicted octanol–water partition coefficient (Wildman–Crippen LogP) is 2.66. The average Bonchev–Trinajstić information content (AvgIpc) is 3.68. The maximum atomic E-state index is 13.9. The van der Waals surface area contributed by atoms with E-state index in [1.54, 1.807) is 36.2 Å². The van der Waals surface area contributed by atoms with Gasteiger partial charge >= 0.3 is 0 Å². The van der Waals surface area contributed by atoms with Crippen molar-refractivity contribution >= 4 is 46.8 Å². The van der Waals surface area contributed by atoms with Crippen LogP contribution in [-0.4, -0.2) is 95.8 Å². The monoisotopic (exact) mass is 643 g/mol. The number of carbonyl (C=O) groups excluding carboxylic acids is 2. The maximum Gasteiger partial charge on any atom is 0.237 e. The van der Waals surface area contributed by atoms with Gasteiger partial charge in [0.1, 0.15) is 23.3 Å². The summed E-state index contributed by atoms with van der Waals surface area (Å²) in [5, 5.41) is 28.5. The minimum Gasteiger partial charge on any atom is -0.397 e. The number of aliphatic imine (C=N–C) groups is 1. The number of nitrogens with zero attached hydrogens (tertiary/aromatic N) is 7. The molecule has 2 saturated heterocycles. The molecule has 2 fully saturated rings. The summed E-state index contributed by atoms with van der Waals surface area (Å²) < 4.78 is 0. The van der Waals surface area contributed by atoms with Crippen LogP contribution in [0.5, 0.6) is 0 Å². The zero-order chi connectivity index (χ0) is 33.8. The highest BCUT2D eigenvalue weighted by Gasteiger charge is 2.51. The molecule has 1 aromatic carbocycles. The first-order valence-electron chi connectivity index (χ1n) is 15.8. The largest absolute Gasteiger partial charge is 0.397 e. The highest BCUT2D eigenvalue weighted by atomic mass is 16.2. The molecule has 0 unspecified atom stereocenters. The number of likely N-dealkylation sites (tertiary alicyclic amines) is 1. The summed E-state index contributed by atoms with van der Waals surface area (Å²) in [6.45, 7) is 3.08. The van der Waals surface area contributed by atoms with Crippen molar-refractivity contribution in [3.63, 3.8) is 0 Å². The smallest absolute Gasteiger partial charge is 0.237 e. The van der Waals surface area contributed by atoms with Crippen LogP contribution in [0.25, 0.3) is 5.57 Å². The summed E-state index contributed by atoms with van der Waals surface area (Å²) >= 11 is 0. The van der Waals surface area contributed by atoms with Gasteiger partial charge in [0.2, 0.25) is 11.8 Å². The summed E-state index contributed by atoms with van der Waals surface area (Å²) in [4.78, 5) is 45.6. The van der Waals surface area contributed by atoms with Crippen LogP contribution in [0.2, 0.25) is 0 Å². The number of aromatic nitrogens is 2. The van der Waals surface area contributed by atoms with Crippen LogP contribution in [0.15, 0.2) is 65.8 Å². The van der Waals surface area contributed by atoms with E-state index in [0.717, 1.165) is 17.5 Å². The van der Waals surface area contributed by atoms with E-state index in [1.807, 2.05) is 35.2 Å². The number of nitrogens with two attached hydrogens (primary N) is 1. The van der Waals surface area contributed by atoms with E-state index >= 15 is 0 Å². The quantitative estimate of drug-likeness (QED) is 0.213. The minimum absolute atomic E-state index is 0.00991. The molecule has 13 nitrogen and oxygen atoms in total. The molecule has 244 valence electrons. The van der Waals surface area contributed by atoms with Crippen molar-refractivity contribution in [2.24, 2.45) is 10.4 Å². The van der Waals surface area contributed by atoms with Crippen LogP contribution >= 0.6 is 0 Å². The van der Waals surface area contributed by atoms with Gasteiger partial charge in [-0.2, -0.15) is 5.26 Å². The first-order chi connectivity index (χ1) is 23.2. The molecule has 48 heavy (non-hydrogen) atoms. The van der Waals surface area contributed by atoms with Crippen molar-refractivity contribution in [2.75, 3.05) is 56.9 Å². The van der Waals surface area contributed by atoms with E-state index in [9.17, 15) is 9.59 Å². The Balaban J connectivity index is 1.05. The van der Waals surface area contributed by atoms with Gasteiger partial charge in [-0.3, -0.25) is 35.2 Å². The lowest BCUT2D eigenvalue weighted by Crippen LogP contribution is -2.43. The molecule has 1 atom stereocenters. The summed E-state index contributed by atoms with van der Waals surface area (Å²) in [6, 6.07) is 16.3. The maximum absolute atomic E-state index is 13.9. The summed E-state index contributed by atoms with van der Waals surface area (Å²) in [7, 11) is 1.74. The first-order valence-corrected chi connectivity index (χ1v) is 15.8. The van der Waals surface area contributed by atoms with Crippen LogP contribution in [0, 0.1) is 27.6 Å². The Morgan fingerprint density at radius 3 is 2.60 bits per heavy atom. The lowest BCUT2D eigenvalue weighted by molar-refractivity contribution is -0.132. The Morgan fingerprint density at radius 2 is 1.92 bits per heavy atom. The number of nitriles is 1. The van der Waals surface area contributed by atoms with Crippen LogP contribution in [0.1, 0.15) is 47.3 Å². The number of benzene rings is 1. The van der Waals surface area contributed by atoms with E-state index in [2.05, 4.69) is 31.3 Å². The fraction of sp³-hybridized carbons (Fsp3) is 0.314. The molecule has 5 heterocycles. The van der Waals surface area contributed by atoms with Crippen molar-refractivity contribution in [1.29, 1.82) is 16.1 Å². The number of hydrogen-bond acceptors (Lipinski definition) is 9. The number of amidine groups is 1. The summed E-state index contributed by atoms with van der Waals surface area (Å²) in [5.74, 6) is 0.646. The third-order valence-corrected chi connectivity index (χ3v) is 9.29. The Hall–Kier alpha value is -5.74. The number of carbonyl (C=O) groups is 2. The number of nitrogens with one attached hydrogen (secondary N) is 3. The molecule has 1 spiro atoms. The molecule has 0 bridgehead atoms. The fourth-order valence-electron chi connectivity index (χ4n) is 6.55.